The van der Waals surface area contributed by atoms with Crippen molar-refractivity contribution >= 4 is 19.9 Å². The first-order chi connectivity index (χ1) is 34.2. The molecule has 71 heavy (non-hydrogen) atoms. The zero-order valence-electron chi connectivity index (χ0n) is 40.9. The van der Waals surface area contributed by atoms with E-state index in [0.717, 1.165) is 27.8 Å². The van der Waals surface area contributed by atoms with Gasteiger partial charge in [0.1, 0.15) is 29.4 Å². The van der Waals surface area contributed by atoms with Crippen LogP contribution >= 0.6 is 8.53 Å². The molecule has 0 spiro atoms. The van der Waals surface area contributed by atoms with Gasteiger partial charge >= 0.3 is 5.69 Å². The van der Waals surface area contributed by atoms with Crippen LogP contribution in [0.25, 0.3) is 0 Å². The van der Waals surface area contributed by atoms with Crippen molar-refractivity contribution in [2.45, 2.75) is 90.0 Å². The highest BCUT2D eigenvalue weighted by molar-refractivity contribution is 7.44. The Morgan fingerprint density at radius 3 is 1.75 bits per heavy atom. The van der Waals surface area contributed by atoms with Crippen molar-refractivity contribution in [3.05, 3.63) is 198 Å². The average molecular weight is 990 g/mol. The summed E-state index contributed by atoms with van der Waals surface area (Å²) in [4.78, 5) is 40.0. The molecule has 6 aromatic rings. The molecule has 1 saturated heterocycles. The smallest absolute Gasteiger partial charge is 0.352 e. The van der Waals surface area contributed by atoms with E-state index in [4.69, 9.17) is 32.7 Å². The molecule has 4 atom stereocenters. The van der Waals surface area contributed by atoms with Gasteiger partial charge in [-0.15, -0.1) is 0 Å². The van der Waals surface area contributed by atoms with Gasteiger partial charge in [-0.25, -0.2) is 9.46 Å². The summed E-state index contributed by atoms with van der Waals surface area (Å²) >= 11 is 0. The summed E-state index contributed by atoms with van der Waals surface area (Å²) in [5.41, 5.74) is 3.03. The summed E-state index contributed by atoms with van der Waals surface area (Å²) in [5.74, 6) is 1.52. The van der Waals surface area contributed by atoms with E-state index in [9.17, 15) is 25.0 Å². The number of non-ortho nitro benzene ring substituents is 2. The van der Waals surface area contributed by atoms with Gasteiger partial charge in [0.05, 0.1) is 50.0 Å². The van der Waals surface area contributed by atoms with Gasteiger partial charge in [-0.3, -0.25) is 24.8 Å². The SMILES string of the molecule is COc1ccc(C(OC[C@H]2O[C@@H](n3cc(C)c(OCCc4ccc([N+](=O)[O-])cc4)nc3=O)C[C@@H]2OP(OCCc2ccc([N+](=O)[O-])cc2)N(C(C)C)C(C)C)(c2ccccc2)c2ccc(OC)cc2)cc1. The molecule has 0 aliphatic carbocycles. The maximum absolute atomic E-state index is 14.0. The molecule has 1 aromatic heterocycles. The van der Waals surface area contributed by atoms with Gasteiger partial charge < -0.3 is 32.7 Å². The molecular weight excluding hydrogens is 930 g/mol. The van der Waals surface area contributed by atoms with Gasteiger partial charge in [-0.05, 0) is 93.1 Å². The normalized spacial score (nSPS) is 16.3. The van der Waals surface area contributed by atoms with Crippen molar-refractivity contribution in [3.8, 4) is 17.4 Å². The fourth-order valence-corrected chi connectivity index (χ4v) is 10.4. The fourth-order valence-electron chi connectivity index (χ4n) is 8.63. The number of nitrogens with zero attached hydrogens (tertiary/aromatic N) is 5. The van der Waals surface area contributed by atoms with E-state index in [-0.39, 0.29) is 55.6 Å². The van der Waals surface area contributed by atoms with Gasteiger partial charge in [0.2, 0.25) is 5.88 Å². The Balaban J connectivity index is 1.23. The molecule has 0 radical (unpaired) electrons. The second-order valence-corrected chi connectivity index (χ2v) is 19.0. The number of benzene rings is 5. The maximum Gasteiger partial charge on any atom is 0.352 e. The van der Waals surface area contributed by atoms with Gasteiger partial charge in [-0.2, -0.15) is 4.98 Å². The summed E-state index contributed by atoms with van der Waals surface area (Å²) in [7, 11) is 1.47. The molecule has 1 aliphatic rings. The Morgan fingerprint density at radius 1 is 0.746 bits per heavy atom. The zero-order valence-corrected chi connectivity index (χ0v) is 41.8. The van der Waals surface area contributed by atoms with Crippen LogP contribution in [0.2, 0.25) is 0 Å². The van der Waals surface area contributed by atoms with E-state index < -0.39 is 48.1 Å². The van der Waals surface area contributed by atoms with E-state index in [2.05, 4.69) is 37.3 Å². The van der Waals surface area contributed by atoms with Crippen LogP contribution in [0.15, 0.2) is 138 Å². The lowest BCUT2D eigenvalue weighted by molar-refractivity contribution is -0.385. The third kappa shape index (κ3) is 12.7. The van der Waals surface area contributed by atoms with Crippen molar-refractivity contribution in [3.63, 3.8) is 0 Å². The molecule has 5 aromatic carbocycles. The number of methoxy groups -OCH3 is 2. The molecule has 0 saturated carbocycles. The number of hydrogen-bond donors (Lipinski definition) is 0. The van der Waals surface area contributed by atoms with Crippen LogP contribution < -0.4 is 19.9 Å². The monoisotopic (exact) mass is 989 g/mol. The van der Waals surface area contributed by atoms with E-state index >= 15 is 0 Å². The Bertz CT molecular complexity index is 2690. The minimum absolute atomic E-state index is 0.00245. The second-order valence-electron chi connectivity index (χ2n) is 17.6. The molecule has 0 N–H and O–H groups in total. The Morgan fingerprint density at radius 2 is 1.25 bits per heavy atom. The number of rotatable bonds is 24. The summed E-state index contributed by atoms with van der Waals surface area (Å²) in [5, 5.41) is 22.5. The summed E-state index contributed by atoms with van der Waals surface area (Å²) in [6, 6.07) is 38.1. The van der Waals surface area contributed by atoms with E-state index in [1.807, 2.05) is 78.9 Å². The summed E-state index contributed by atoms with van der Waals surface area (Å²) in [6.07, 6.45) is 0.555. The summed E-state index contributed by atoms with van der Waals surface area (Å²) in [6.45, 7) is 10.6. The van der Waals surface area contributed by atoms with E-state index in [0.29, 0.717) is 29.9 Å². The quantitative estimate of drug-likeness (QED) is 0.0241. The highest BCUT2D eigenvalue weighted by atomic mass is 31.2. The lowest BCUT2D eigenvalue weighted by Crippen LogP contribution is -2.39. The zero-order chi connectivity index (χ0) is 50.7. The lowest BCUT2D eigenvalue weighted by Gasteiger charge is -2.39. The highest BCUT2D eigenvalue weighted by Crippen LogP contribution is 2.51. The van der Waals surface area contributed by atoms with Crippen molar-refractivity contribution < 1.29 is 42.6 Å². The number of ether oxygens (including phenoxy) is 5. The van der Waals surface area contributed by atoms with Crippen molar-refractivity contribution in [2.75, 3.05) is 34.0 Å². The first-order valence-electron chi connectivity index (χ1n) is 23.4. The molecule has 18 heteroatoms. The standard InChI is InChI=1S/C53H60N5O12P/c1-36(2)56(37(3)4)71(68-32-30-40-15-23-45(24-16-40)58(62)63)70-48-33-50(55-34-38(5)51(54-52(55)59)66-31-29-39-13-21-44(22-14-39)57(60)61)69-49(48)35-67-53(41-11-9-8-10-12-41,42-17-25-46(64-6)26-18-42)43-19-27-47(65-7)28-20-43/h8-28,34,36-37,48-50H,29-33,35H2,1-7H3/t48-,49+,50+,71?/m0/s1. The molecule has 0 bridgehead atoms. The largest absolute Gasteiger partial charge is 0.497 e. The first-order valence-corrected chi connectivity index (χ1v) is 24.5. The maximum atomic E-state index is 14.0. The van der Waals surface area contributed by atoms with Crippen LogP contribution in [0.1, 0.15) is 73.7 Å². The number of nitro benzene ring substituents is 2. The average Bonchev–Trinajstić information content (AvgIpc) is 3.77. The van der Waals surface area contributed by atoms with Crippen LogP contribution in [-0.4, -0.2) is 82.4 Å². The fraction of sp³-hybridized carbons (Fsp3) is 0.358. The van der Waals surface area contributed by atoms with E-state index in [1.165, 1.54) is 28.8 Å². The molecule has 374 valence electrons. The molecular formula is C53H60N5O12P. The number of aryl methyl sites for hydroxylation is 1. The molecule has 7 rings (SSSR count). The molecule has 2 heterocycles. The minimum atomic E-state index is -1.77. The summed E-state index contributed by atoms with van der Waals surface area (Å²) < 4.78 is 48.9. The van der Waals surface area contributed by atoms with Crippen molar-refractivity contribution in [2.24, 2.45) is 0 Å². The van der Waals surface area contributed by atoms with Crippen molar-refractivity contribution in [1.29, 1.82) is 0 Å². The molecule has 1 aliphatic heterocycles. The third-order valence-electron chi connectivity index (χ3n) is 12.2. The lowest BCUT2D eigenvalue weighted by atomic mass is 9.80. The molecule has 0 amide bonds. The van der Waals surface area contributed by atoms with E-state index in [1.54, 1.807) is 51.6 Å². The van der Waals surface area contributed by atoms with Gasteiger partial charge in [0, 0.05) is 61.0 Å². The predicted molar refractivity (Wildman–Crippen MR) is 269 cm³/mol. The minimum Gasteiger partial charge on any atom is -0.497 e. The number of nitro groups is 2. The van der Waals surface area contributed by atoms with Crippen LogP contribution in [0, 0.1) is 27.2 Å². The molecule has 17 nitrogen and oxygen atoms in total. The van der Waals surface area contributed by atoms with Gasteiger partial charge in [0.15, 0.2) is 0 Å². The first kappa shape index (κ1) is 52.2. The third-order valence-corrected chi connectivity index (χ3v) is 14.4. The topological polar surface area (TPSA) is 189 Å². The highest BCUT2D eigenvalue weighted by Gasteiger charge is 2.45. The van der Waals surface area contributed by atoms with Crippen molar-refractivity contribution in [1.82, 2.24) is 14.2 Å². The van der Waals surface area contributed by atoms with Crippen LogP contribution in [0.5, 0.6) is 17.4 Å². The Hall–Kier alpha value is -6.59. The van der Waals surface area contributed by atoms with Gasteiger partial charge in [0.25, 0.3) is 19.9 Å². The van der Waals surface area contributed by atoms with Crippen LogP contribution in [-0.2, 0) is 37.0 Å². The second kappa shape index (κ2) is 24.0. The predicted octanol–water partition coefficient (Wildman–Crippen LogP) is 10.3. The Labute approximate surface area is 414 Å². The molecule has 1 fully saturated rings. The van der Waals surface area contributed by atoms with Crippen LogP contribution in [0.3, 0.4) is 0 Å². The molecule has 1 unspecified atom stereocenters. The number of aromatic nitrogens is 2. The van der Waals surface area contributed by atoms with Gasteiger partial charge in [-0.1, -0.05) is 78.9 Å². The number of hydrogen-bond acceptors (Lipinski definition) is 14. The van der Waals surface area contributed by atoms with Crippen LogP contribution in [0.4, 0.5) is 11.4 Å². The Kier molecular flexibility index (Phi) is 17.7.